The van der Waals surface area contributed by atoms with Gasteiger partial charge in [-0.15, -0.1) is 0 Å². The van der Waals surface area contributed by atoms with Crippen LogP contribution in [0.3, 0.4) is 0 Å². The number of nitrogens with zero attached hydrogens (tertiary/aromatic N) is 1. The van der Waals surface area contributed by atoms with Crippen molar-refractivity contribution in [3.63, 3.8) is 0 Å². The monoisotopic (exact) mass is 219 g/mol. The van der Waals surface area contributed by atoms with E-state index in [9.17, 15) is 0 Å². The predicted octanol–water partition coefficient (Wildman–Crippen LogP) is 2.83. The van der Waals surface area contributed by atoms with Gasteiger partial charge in [0.15, 0.2) is 0 Å². The highest BCUT2D eigenvalue weighted by atomic mass is 32.1. The Hall–Kier alpha value is -0.780. The molecule has 1 fully saturated rings. The number of piperidine rings is 1. The topological polar surface area (TPSA) is 3.24 Å². The molecule has 1 aliphatic rings. The Morgan fingerprint density at radius 2 is 2.53 bits per heavy atom. The summed E-state index contributed by atoms with van der Waals surface area (Å²) in [4.78, 5) is 2.47. The second kappa shape index (κ2) is 5.34. The van der Waals surface area contributed by atoms with Gasteiger partial charge in [0.2, 0.25) is 0 Å². The largest absolute Gasteiger partial charge is 0.292 e. The molecule has 0 amide bonds. The first-order chi connectivity index (χ1) is 7.34. The maximum Gasteiger partial charge on any atom is 0.0605 e. The number of hydrogen-bond donors (Lipinski definition) is 0. The van der Waals surface area contributed by atoms with E-state index in [1.807, 2.05) is 0 Å². The summed E-state index contributed by atoms with van der Waals surface area (Å²) in [5, 5.41) is 4.18. The van der Waals surface area contributed by atoms with Crippen LogP contribution >= 0.6 is 11.3 Å². The lowest BCUT2D eigenvalue weighted by Crippen LogP contribution is -2.34. The third-order valence-electron chi connectivity index (χ3n) is 2.80. The van der Waals surface area contributed by atoms with Crippen LogP contribution in [0.1, 0.15) is 25.3 Å². The third-order valence-corrected chi connectivity index (χ3v) is 3.48. The van der Waals surface area contributed by atoms with Gasteiger partial charge in [0.1, 0.15) is 0 Å². The molecule has 1 unspecified atom stereocenters. The van der Waals surface area contributed by atoms with Gasteiger partial charge in [0, 0.05) is 17.5 Å². The van der Waals surface area contributed by atoms with Gasteiger partial charge in [-0.1, -0.05) is 18.8 Å². The molecule has 1 aromatic heterocycles. The van der Waals surface area contributed by atoms with E-state index in [4.69, 9.17) is 0 Å². The van der Waals surface area contributed by atoms with Crippen molar-refractivity contribution in [3.8, 4) is 11.8 Å². The fourth-order valence-corrected chi connectivity index (χ4v) is 2.61. The van der Waals surface area contributed by atoms with E-state index in [1.165, 1.54) is 25.9 Å². The minimum atomic E-state index is 0.849. The van der Waals surface area contributed by atoms with Gasteiger partial charge in [-0.05, 0) is 36.8 Å². The van der Waals surface area contributed by atoms with E-state index < -0.39 is 0 Å². The van der Waals surface area contributed by atoms with Crippen molar-refractivity contribution in [2.75, 3.05) is 19.6 Å². The zero-order chi connectivity index (χ0) is 10.5. The van der Waals surface area contributed by atoms with Crippen LogP contribution in [0.4, 0.5) is 0 Å². The molecule has 1 aromatic rings. The minimum absolute atomic E-state index is 0.849. The molecule has 0 spiro atoms. The Labute approximate surface area is 96.1 Å². The SMILES string of the molecule is CC1CCCN(CC#Cc2ccsc2)C1. The van der Waals surface area contributed by atoms with Crippen LogP contribution in [0.25, 0.3) is 0 Å². The van der Waals surface area contributed by atoms with Gasteiger partial charge in [0.05, 0.1) is 6.54 Å². The Bertz CT molecular complexity index is 344. The Morgan fingerprint density at radius 3 is 3.27 bits per heavy atom. The summed E-state index contributed by atoms with van der Waals surface area (Å²) in [7, 11) is 0. The van der Waals surface area contributed by atoms with E-state index in [0.717, 1.165) is 18.0 Å². The van der Waals surface area contributed by atoms with Crippen LogP contribution in [-0.2, 0) is 0 Å². The molecular formula is C13H17NS. The molecule has 0 aromatic carbocycles. The van der Waals surface area contributed by atoms with Gasteiger partial charge in [0.25, 0.3) is 0 Å². The fraction of sp³-hybridized carbons (Fsp3) is 0.538. The Kier molecular flexibility index (Phi) is 3.82. The Morgan fingerprint density at radius 1 is 1.60 bits per heavy atom. The molecule has 2 rings (SSSR count). The normalized spacial score (nSPS) is 22.1. The van der Waals surface area contributed by atoms with Crippen LogP contribution in [0, 0.1) is 17.8 Å². The lowest BCUT2D eigenvalue weighted by molar-refractivity contribution is 0.204. The molecule has 1 aliphatic heterocycles. The molecule has 0 bridgehead atoms. The van der Waals surface area contributed by atoms with Crippen molar-refractivity contribution in [2.45, 2.75) is 19.8 Å². The van der Waals surface area contributed by atoms with E-state index in [1.54, 1.807) is 11.3 Å². The van der Waals surface area contributed by atoms with Crippen LogP contribution < -0.4 is 0 Å². The van der Waals surface area contributed by atoms with Crippen LogP contribution in [0.2, 0.25) is 0 Å². The summed E-state index contributed by atoms with van der Waals surface area (Å²) < 4.78 is 0. The smallest absolute Gasteiger partial charge is 0.0605 e. The summed E-state index contributed by atoms with van der Waals surface area (Å²) >= 11 is 1.71. The fourth-order valence-electron chi connectivity index (χ4n) is 2.02. The quantitative estimate of drug-likeness (QED) is 0.657. The van der Waals surface area contributed by atoms with Crippen LogP contribution in [0.5, 0.6) is 0 Å². The molecule has 2 heterocycles. The molecule has 1 saturated heterocycles. The molecule has 80 valence electrons. The molecule has 0 aliphatic carbocycles. The maximum atomic E-state index is 3.26. The summed E-state index contributed by atoms with van der Waals surface area (Å²) in [6.45, 7) is 5.71. The molecule has 15 heavy (non-hydrogen) atoms. The maximum absolute atomic E-state index is 3.26. The van der Waals surface area contributed by atoms with E-state index in [2.05, 4.69) is 40.5 Å². The van der Waals surface area contributed by atoms with E-state index in [-0.39, 0.29) is 0 Å². The average molecular weight is 219 g/mol. The first-order valence-corrected chi connectivity index (χ1v) is 6.52. The zero-order valence-electron chi connectivity index (χ0n) is 9.20. The number of thiophene rings is 1. The Balaban J connectivity index is 1.82. The number of likely N-dealkylation sites (tertiary alicyclic amines) is 1. The lowest BCUT2D eigenvalue weighted by atomic mass is 10.0. The first kappa shape index (κ1) is 10.7. The van der Waals surface area contributed by atoms with Crippen molar-refractivity contribution in [3.05, 3.63) is 22.4 Å². The molecule has 0 N–H and O–H groups in total. The molecule has 1 nitrogen and oxygen atoms in total. The minimum Gasteiger partial charge on any atom is -0.292 e. The van der Waals surface area contributed by atoms with Gasteiger partial charge < -0.3 is 0 Å². The summed E-state index contributed by atoms with van der Waals surface area (Å²) in [5.74, 6) is 7.31. The van der Waals surface area contributed by atoms with Gasteiger partial charge in [-0.3, -0.25) is 4.90 Å². The third kappa shape index (κ3) is 3.37. The summed E-state index contributed by atoms with van der Waals surface area (Å²) in [5.41, 5.74) is 1.16. The van der Waals surface area contributed by atoms with Crippen molar-refractivity contribution >= 4 is 11.3 Å². The highest BCUT2D eigenvalue weighted by molar-refractivity contribution is 7.08. The highest BCUT2D eigenvalue weighted by Gasteiger charge is 2.14. The molecule has 0 radical (unpaired) electrons. The second-order valence-electron chi connectivity index (χ2n) is 4.30. The van der Waals surface area contributed by atoms with E-state index >= 15 is 0 Å². The van der Waals surface area contributed by atoms with E-state index in [0.29, 0.717) is 0 Å². The summed E-state index contributed by atoms with van der Waals surface area (Å²) in [6, 6.07) is 2.08. The molecular weight excluding hydrogens is 202 g/mol. The predicted molar refractivity (Wildman–Crippen MR) is 66.0 cm³/mol. The zero-order valence-corrected chi connectivity index (χ0v) is 10.0. The van der Waals surface area contributed by atoms with Crippen LogP contribution in [0.15, 0.2) is 16.8 Å². The molecule has 1 atom stereocenters. The van der Waals surface area contributed by atoms with Crippen LogP contribution in [-0.4, -0.2) is 24.5 Å². The van der Waals surface area contributed by atoms with Gasteiger partial charge in [-0.2, -0.15) is 11.3 Å². The molecule has 0 saturated carbocycles. The second-order valence-corrected chi connectivity index (χ2v) is 5.08. The van der Waals surface area contributed by atoms with Crippen molar-refractivity contribution < 1.29 is 0 Å². The summed E-state index contributed by atoms with van der Waals surface area (Å²) in [6.07, 6.45) is 2.72. The number of hydrogen-bond acceptors (Lipinski definition) is 2. The van der Waals surface area contributed by atoms with Crippen molar-refractivity contribution in [1.82, 2.24) is 4.90 Å². The lowest BCUT2D eigenvalue weighted by Gasteiger charge is -2.28. The van der Waals surface area contributed by atoms with Crippen molar-refractivity contribution in [2.24, 2.45) is 5.92 Å². The first-order valence-electron chi connectivity index (χ1n) is 5.58. The highest BCUT2D eigenvalue weighted by Crippen LogP contribution is 2.14. The van der Waals surface area contributed by atoms with Gasteiger partial charge in [-0.25, -0.2) is 0 Å². The standard InChI is InChI=1S/C13H17NS/c1-12-4-2-7-14(10-12)8-3-5-13-6-9-15-11-13/h6,9,11-12H,2,4,7-8,10H2,1H3. The van der Waals surface area contributed by atoms with Crippen molar-refractivity contribution in [1.29, 1.82) is 0 Å². The van der Waals surface area contributed by atoms with Gasteiger partial charge >= 0.3 is 0 Å². The number of rotatable bonds is 1. The molecule has 2 heteroatoms. The average Bonchev–Trinajstić information content (AvgIpc) is 2.71.